The fourth-order valence-corrected chi connectivity index (χ4v) is 2.80. The standard InChI is InChI=1S/C16H18FNO/c17-15-10-6-5-9-13(15)14(11-18)16(19)12-7-3-1-2-4-8-12/h5-6,9-10,12,14H,1-4,7-8H2. The van der Waals surface area contributed by atoms with Gasteiger partial charge in [-0.15, -0.1) is 0 Å². The van der Waals surface area contributed by atoms with Crippen LogP contribution in [0, 0.1) is 23.1 Å². The maximum atomic E-state index is 13.7. The lowest BCUT2D eigenvalue weighted by Crippen LogP contribution is -2.21. The summed E-state index contributed by atoms with van der Waals surface area (Å²) in [5, 5.41) is 9.24. The van der Waals surface area contributed by atoms with Crippen molar-refractivity contribution in [3.8, 4) is 6.07 Å². The van der Waals surface area contributed by atoms with Crippen molar-refractivity contribution in [1.29, 1.82) is 5.26 Å². The molecular formula is C16H18FNO. The van der Waals surface area contributed by atoms with Crippen molar-refractivity contribution < 1.29 is 9.18 Å². The summed E-state index contributed by atoms with van der Waals surface area (Å²) in [7, 11) is 0. The second-order valence-electron chi connectivity index (χ2n) is 5.17. The summed E-state index contributed by atoms with van der Waals surface area (Å²) in [5.74, 6) is -1.60. The van der Waals surface area contributed by atoms with E-state index in [2.05, 4.69) is 0 Å². The number of benzene rings is 1. The van der Waals surface area contributed by atoms with Gasteiger partial charge in [-0.25, -0.2) is 4.39 Å². The Kier molecular flexibility index (Phi) is 4.68. The average Bonchev–Trinajstić information content (AvgIpc) is 2.70. The molecule has 0 saturated heterocycles. The Bertz CT molecular complexity index is 484. The molecule has 0 radical (unpaired) electrons. The predicted molar refractivity (Wildman–Crippen MR) is 71.0 cm³/mol. The number of hydrogen-bond acceptors (Lipinski definition) is 2. The van der Waals surface area contributed by atoms with Gasteiger partial charge >= 0.3 is 0 Å². The fourth-order valence-electron chi connectivity index (χ4n) is 2.80. The highest BCUT2D eigenvalue weighted by Crippen LogP contribution is 2.30. The SMILES string of the molecule is N#CC(C(=O)C1CCCCCC1)c1ccccc1F. The Balaban J connectivity index is 2.20. The Morgan fingerprint density at radius 1 is 1.21 bits per heavy atom. The second kappa shape index (κ2) is 6.47. The molecule has 3 heteroatoms. The number of nitrogens with zero attached hydrogens (tertiary/aromatic N) is 1. The zero-order chi connectivity index (χ0) is 13.7. The minimum atomic E-state index is -0.954. The third kappa shape index (κ3) is 3.20. The zero-order valence-electron chi connectivity index (χ0n) is 10.9. The van der Waals surface area contributed by atoms with Crippen molar-refractivity contribution in [2.45, 2.75) is 44.4 Å². The maximum absolute atomic E-state index is 13.7. The van der Waals surface area contributed by atoms with Gasteiger partial charge in [0, 0.05) is 11.5 Å². The summed E-state index contributed by atoms with van der Waals surface area (Å²) in [6, 6.07) is 8.07. The second-order valence-corrected chi connectivity index (χ2v) is 5.17. The smallest absolute Gasteiger partial charge is 0.157 e. The van der Waals surface area contributed by atoms with Crippen LogP contribution in [0.2, 0.25) is 0 Å². The molecule has 0 spiro atoms. The minimum absolute atomic E-state index is 0.0771. The largest absolute Gasteiger partial charge is 0.298 e. The van der Waals surface area contributed by atoms with Crippen LogP contribution in [0.4, 0.5) is 4.39 Å². The van der Waals surface area contributed by atoms with Crippen LogP contribution < -0.4 is 0 Å². The first kappa shape index (κ1) is 13.7. The number of halogens is 1. The van der Waals surface area contributed by atoms with Gasteiger partial charge in [-0.05, 0) is 18.9 Å². The lowest BCUT2D eigenvalue weighted by atomic mass is 9.84. The predicted octanol–water partition coefficient (Wildman–Crippen LogP) is 3.97. The quantitative estimate of drug-likeness (QED) is 0.770. The van der Waals surface area contributed by atoms with E-state index in [1.54, 1.807) is 12.1 Å². The number of carbonyl (C=O) groups excluding carboxylic acids is 1. The Morgan fingerprint density at radius 2 is 1.84 bits per heavy atom. The summed E-state index contributed by atoms with van der Waals surface area (Å²) in [5.41, 5.74) is 0.222. The number of Topliss-reactive ketones (excluding diaryl/α,β-unsaturated/α-hetero) is 1. The molecule has 0 aliphatic heterocycles. The third-order valence-electron chi connectivity index (χ3n) is 3.89. The summed E-state index contributed by atoms with van der Waals surface area (Å²) in [6.45, 7) is 0. The van der Waals surface area contributed by atoms with E-state index >= 15 is 0 Å². The molecule has 0 aromatic heterocycles. The van der Waals surface area contributed by atoms with Gasteiger partial charge in [0.05, 0.1) is 6.07 Å². The monoisotopic (exact) mass is 259 g/mol. The van der Waals surface area contributed by atoms with Gasteiger partial charge in [0.15, 0.2) is 5.78 Å². The molecule has 100 valence electrons. The molecule has 0 amide bonds. The lowest BCUT2D eigenvalue weighted by Gasteiger charge is -2.17. The molecule has 1 aromatic carbocycles. The molecule has 1 saturated carbocycles. The van der Waals surface area contributed by atoms with Gasteiger partial charge in [-0.2, -0.15) is 5.26 Å². The van der Waals surface area contributed by atoms with Gasteiger partial charge in [-0.1, -0.05) is 43.9 Å². The summed E-state index contributed by atoms with van der Waals surface area (Å²) in [6.07, 6.45) is 6.05. The third-order valence-corrected chi connectivity index (χ3v) is 3.89. The van der Waals surface area contributed by atoms with Crippen LogP contribution in [-0.4, -0.2) is 5.78 Å². The summed E-state index contributed by atoms with van der Waals surface area (Å²) < 4.78 is 13.7. The van der Waals surface area contributed by atoms with Crippen molar-refractivity contribution >= 4 is 5.78 Å². The maximum Gasteiger partial charge on any atom is 0.157 e. The van der Waals surface area contributed by atoms with Crippen molar-refractivity contribution in [3.63, 3.8) is 0 Å². The van der Waals surface area contributed by atoms with E-state index in [9.17, 15) is 14.4 Å². The topological polar surface area (TPSA) is 40.9 Å². The van der Waals surface area contributed by atoms with Crippen LogP contribution in [0.1, 0.15) is 50.0 Å². The van der Waals surface area contributed by atoms with E-state index in [0.29, 0.717) is 0 Å². The molecule has 2 rings (SSSR count). The number of ketones is 1. The molecule has 1 atom stereocenters. The van der Waals surface area contributed by atoms with Crippen molar-refractivity contribution in [1.82, 2.24) is 0 Å². The average molecular weight is 259 g/mol. The number of hydrogen-bond donors (Lipinski definition) is 0. The molecule has 1 aliphatic carbocycles. The van der Waals surface area contributed by atoms with E-state index in [1.165, 1.54) is 12.1 Å². The molecule has 1 unspecified atom stereocenters. The van der Waals surface area contributed by atoms with Gasteiger partial charge in [-0.3, -0.25) is 4.79 Å². The highest BCUT2D eigenvalue weighted by atomic mass is 19.1. The van der Waals surface area contributed by atoms with Gasteiger partial charge in [0.25, 0.3) is 0 Å². The van der Waals surface area contributed by atoms with Gasteiger partial charge < -0.3 is 0 Å². The number of rotatable bonds is 3. The van der Waals surface area contributed by atoms with Gasteiger partial charge in [0.1, 0.15) is 11.7 Å². The van der Waals surface area contributed by atoms with E-state index in [0.717, 1.165) is 38.5 Å². The first-order chi connectivity index (χ1) is 9.24. The molecule has 1 aliphatic rings. The van der Waals surface area contributed by atoms with E-state index in [4.69, 9.17) is 0 Å². The van der Waals surface area contributed by atoms with E-state index < -0.39 is 11.7 Å². The first-order valence-corrected chi connectivity index (χ1v) is 6.92. The van der Waals surface area contributed by atoms with E-state index in [1.807, 2.05) is 6.07 Å². The minimum Gasteiger partial charge on any atom is -0.298 e. The molecular weight excluding hydrogens is 241 g/mol. The Morgan fingerprint density at radius 3 is 2.42 bits per heavy atom. The molecule has 0 heterocycles. The van der Waals surface area contributed by atoms with E-state index in [-0.39, 0.29) is 17.3 Å². The first-order valence-electron chi connectivity index (χ1n) is 6.92. The van der Waals surface area contributed by atoms with Crippen LogP contribution >= 0.6 is 0 Å². The normalized spacial score (nSPS) is 18.3. The van der Waals surface area contributed by atoms with Crippen LogP contribution in [0.5, 0.6) is 0 Å². The molecule has 1 fully saturated rings. The fraction of sp³-hybridized carbons (Fsp3) is 0.500. The molecule has 19 heavy (non-hydrogen) atoms. The summed E-state index contributed by atoms with van der Waals surface area (Å²) in [4.78, 5) is 12.4. The highest BCUT2D eigenvalue weighted by molar-refractivity contribution is 5.90. The van der Waals surface area contributed by atoms with Crippen LogP contribution in [0.25, 0.3) is 0 Å². The van der Waals surface area contributed by atoms with Gasteiger partial charge in [0.2, 0.25) is 0 Å². The number of carbonyl (C=O) groups is 1. The van der Waals surface area contributed by atoms with Crippen LogP contribution in [-0.2, 0) is 4.79 Å². The Hall–Kier alpha value is -1.69. The van der Waals surface area contributed by atoms with Crippen molar-refractivity contribution in [2.24, 2.45) is 5.92 Å². The molecule has 0 bridgehead atoms. The Labute approximate surface area is 113 Å². The number of nitriles is 1. The lowest BCUT2D eigenvalue weighted by molar-refractivity contribution is -0.123. The van der Waals surface area contributed by atoms with Crippen LogP contribution in [0.3, 0.4) is 0 Å². The van der Waals surface area contributed by atoms with Crippen LogP contribution in [0.15, 0.2) is 24.3 Å². The molecule has 2 nitrogen and oxygen atoms in total. The van der Waals surface area contributed by atoms with Crippen molar-refractivity contribution in [3.05, 3.63) is 35.6 Å². The molecule has 0 N–H and O–H groups in total. The highest BCUT2D eigenvalue weighted by Gasteiger charge is 2.30. The van der Waals surface area contributed by atoms with Crippen molar-refractivity contribution in [2.75, 3.05) is 0 Å². The zero-order valence-corrected chi connectivity index (χ0v) is 10.9. The summed E-state index contributed by atoms with van der Waals surface area (Å²) >= 11 is 0. The molecule has 1 aromatic rings.